The number of rotatable bonds is 3. The second kappa shape index (κ2) is 6.71. The van der Waals surface area contributed by atoms with Gasteiger partial charge in [0, 0.05) is 14.2 Å². The van der Waals surface area contributed by atoms with Crippen LogP contribution in [-0.2, 0) is 18.6 Å². The summed E-state index contributed by atoms with van der Waals surface area (Å²) in [6.45, 7) is 0. The van der Waals surface area contributed by atoms with Crippen molar-refractivity contribution in [3.63, 3.8) is 0 Å². The normalized spacial score (nSPS) is 14.2. The second-order valence-electron chi connectivity index (χ2n) is 5.56. The molecule has 2 aromatic heterocycles. The molecule has 1 aliphatic carbocycles. The third kappa shape index (κ3) is 3.29. The highest BCUT2D eigenvalue weighted by molar-refractivity contribution is 9.10. The van der Waals surface area contributed by atoms with E-state index in [1.165, 1.54) is 28.2 Å². The molecule has 4 rings (SSSR count). The molecule has 1 aliphatic rings. The molecule has 0 bridgehead atoms. The summed E-state index contributed by atoms with van der Waals surface area (Å²) in [5, 5.41) is 1.73. The van der Waals surface area contributed by atoms with Crippen molar-refractivity contribution in [3.05, 3.63) is 50.2 Å². The number of halogens is 2. The van der Waals surface area contributed by atoms with Gasteiger partial charge in [-0.15, -0.1) is 23.1 Å². The summed E-state index contributed by atoms with van der Waals surface area (Å²) in [4.78, 5) is 13.0. The first-order chi connectivity index (χ1) is 11.2. The molecule has 118 valence electrons. The van der Waals surface area contributed by atoms with Crippen LogP contribution >= 0.6 is 50.6 Å². The van der Waals surface area contributed by atoms with Crippen LogP contribution in [0.1, 0.15) is 29.1 Å². The van der Waals surface area contributed by atoms with E-state index in [9.17, 15) is 0 Å². The quantitative estimate of drug-likeness (QED) is 0.365. The van der Waals surface area contributed by atoms with E-state index < -0.39 is 0 Å². The Labute approximate surface area is 156 Å². The Morgan fingerprint density at radius 1 is 1.13 bits per heavy atom. The van der Waals surface area contributed by atoms with E-state index in [1.54, 1.807) is 23.1 Å². The zero-order valence-electron chi connectivity index (χ0n) is 12.3. The fraction of sp³-hybridized carbons (Fsp3) is 0.294. The molecule has 0 fully saturated rings. The van der Waals surface area contributed by atoms with Gasteiger partial charge >= 0.3 is 0 Å². The summed E-state index contributed by atoms with van der Waals surface area (Å²) in [5.41, 5.74) is 1.40. The smallest absolute Gasteiger partial charge is 0.142 e. The predicted octanol–water partition coefficient (Wildman–Crippen LogP) is 6.28. The van der Waals surface area contributed by atoms with Gasteiger partial charge in [0.1, 0.15) is 15.8 Å². The lowest BCUT2D eigenvalue weighted by molar-refractivity contribution is 0.700. The van der Waals surface area contributed by atoms with E-state index in [0.29, 0.717) is 5.15 Å². The van der Waals surface area contributed by atoms with Crippen molar-refractivity contribution in [3.8, 4) is 0 Å². The Hall–Kier alpha value is -0.620. The highest BCUT2D eigenvalue weighted by Gasteiger charge is 2.20. The van der Waals surface area contributed by atoms with Gasteiger partial charge in [0.05, 0.1) is 11.1 Å². The Balaban J connectivity index is 1.62. The van der Waals surface area contributed by atoms with Crippen LogP contribution in [0.15, 0.2) is 33.6 Å². The SMILES string of the molecule is Clc1nc(CSc2ccc(Br)cc2)nc2sc3c(c12)CCCC3. The van der Waals surface area contributed by atoms with Crippen molar-refractivity contribution in [2.75, 3.05) is 0 Å². The highest BCUT2D eigenvalue weighted by atomic mass is 79.9. The molecule has 0 saturated carbocycles. The van der Waals surface area contributed by atoms with Crippen LogP contribution in [0.4, 0.5) is 0 Å². The molecule has 0 N–H and O–H groups in total. The number of benzene rings is 1. The number of nitrogens with zero attached hydrogens (tertiary/aromatic N) is 2. The van der Waals surface area contributed by atoms with Gasteiger partial charge in [-0.2, -0.15) is 0 Å². The van der Waals surface area contributed by atoms with Crippen LogP contribution in [0.25, 0.3) is 10.2 Å². The third-order valence-electron chi connectivity index (χ3n) is 4.00. The molecule has 0 aliphatic heterocycles. The molecule has 0 amide bonds. The summed E-state index contributed by atoms with van der Waals surface area (Å²) in [5.74, 6) is 1.55. The average Bonchev–Trinajstić information content (AvgIpc) is 2.93. The molecule has 0 spiro atoms. The van der Waals surface area contributed by atoms with E-state index in [1.807, 2.05) is 12.1 Å². The zero-order valence-corrected chi connectivity index (χ0v) is 16.3. The first-order valence-corrected chi connectivity index (χ1v) is 10.5. The Kier molecular flexibility index (Phi) is 4.63. The second-order valence-corrected chi connectivity index (χ2v) is 8.97. The van der Waals surface area contributed by atoms with Crippen LogP contribution in [0.3, 0.4) is 0 Å². The minimum Gasteiger partial charge on any atom is -0.221 e. The van der Waals surface area contributed by atoms with Gasteiger partial charge in [0.25, 0.3) is 0 Å². The fourth-order valence-corrected chi connectivity index (χ4v) is 5.55. The summed E-state index contributed by atoms with van der Waals surface area (Å²) in [6.07, 6.45) is 4.80. The fourth-order valence-electron chi connectivity index (χ4n) is 2.90. The van der Waals surface area contributed by atoms with Gasteiger partial charge in [0.15, 0.2) is 0 Å². The lowest BCUT2D eigenvalue weighted by Crippen LogP contribution is -1.99. The molecule has 3 aromatic rings. The lowest BCUT2D eigenvalue weighted by Gasteiger charge is -2.10. The van der Waals surface area contributed by atoms with Crippen molar-refractivity contribution >= 4 is 60.8 Å². The standard InChI is InChI=1S/C17H14BrClN2S2/c18-10-5-7-11(8-6-10)22-9-14-20-16(19)15-12-3-1-2-4-13(12)23-17(15)21-14/h5-8H,1-4,9H2. The van der Waals surface area contributed by atoms with Crippen LogP contribution in [0.5, 0.6) is 0 Å². The van der Waals surface area contributed by atoms with E-state index in [4.69, 9.17) is 16.6 Å². The molecule has 23 heavy (non-hydrogen) atoms. The van der Waals surface area contributed by atoms with Gasteiger partial charge in [-0.05, 0) is 55.5 Å². The number of hydrogen-bond donors (Lipinski definition) is 0. The number of aromatic nitrogens is 2. The summed E-state index contributed by atoms with van der Waals surface area (Å²) in [6, 6.07) is 8.29. The maximum Gasteiger partial charge on any atom is 0.142 e. The van der Waals surface area contributed by atoms with Crippen molar-refractivity contribution < 1.29 is 0 Å². The first-order valence-electron chi connectivity index (χ1n) is 7.56. The summed E-state index contributed by atoms with van der Waals surface area (Å²) in [7, 11) is 0. The van der Waals surface area contributed by atoms with Crippen molar-refractivity contribution in [2.24, 2.45) is 0 Å². The first kappa shape index (κ1) is 15.9. The zero-order chi connectivity index (χ0) is 15.8. The molecule has 2 nitrogen and oxygen atoms in total. The van der Waals surface area contributed by atoms with Gasteiger partial charge in [-0.1, -0.05) is 27.5 Å². The predicted molar refractivity (Wildman–Crippen MR) is 103 cm³/mol. The molecule has 0 unspecified atom stereocenters. The average molecular weight is 426 g/mol. The maximum atomic E-state index is 6.48. The van der Waals surface area contributed by atoms with E-state index in [2.05, 4.69) is 33.0 Å². The van der Waals surface area contributed by atoms with Crippen LogP contribution < -0.4 is 0 Å². The third-order valence-corrected chi connectivity index (χ3v) is 6.99. The molecule has 0 atom stereocenters. The van der Waals surface area contributed by atoms with Crippen LogP contribution in [0.2, 0.25) is 5.15 Å². The number of thioether (sulfide) groups is 1. The molecule has 2 heterocycles. The number of hydrogen-bond acceptors (Lipinski definition) is 4. The van der Waals surface area contributed by atoms with Crippen LogP contribution in [0, 0.1) is 0 Å². The Morgan fingerprint density at radius 3 is 2.74 bits per heavy atom. The topological polar surface area (TPSA) is 25.8 Å². The minimum absolute atomic E-state index is 0.626. The summed E-state index contributed by atoms with van der Waals surface area (Å²) < 4.78 is 1.09. The molecular weight excluding hydrogens is 412 g/mol. The van der Waals surface area contributed by atoms with E-state index in [-0.39, 0.29) is 0 Å². The van der Waals surface area contributed by atoms with E-state index in [0.717, 1.165) is 39.1 Å². The molecule has 0 radical (unpaired) electrons. The number of thiophene rings is 1. The van der Waals surface area contributed by atoms with E-state index >= 15 is 0 Å². The van der Waals surface area contributed by atoms with Crippen molar-refractivity contribution in [2.45, 2.75) is 36.3 Å². The minimum atomic E-state index is 0.626. The lowest BCUT2D eigenvalue weighted by atomic mass is 9.97. The van der Waals surface area contributed by atoms with Gasteiger partial charge in [-0.3, -0.25) is 0 Å². The molecular formula is C17H14BrClN2S2. The van der Waals surface area contributed by atoms with Crippen molar-refractivity contribution in [1.82, 2.24) is 9.97 Å². The number of aryl methyl sites for hydroxylation is 2. The maximum absolute atomic E-state index is 6.48. The molecule has 1 aromatic carbocycles. The highest BCUT2D eigenvalue weighted by Crippen LogP contribution is 2.38. The Morgan fingerprint density at radius 2 is 1.91 bits per heavy atom. The largest absolute Gasteiger partial charge is 0.221 e. The van der Waals surface area contributed by atoms with Gasteiger partial charge < -0.3 is 0 Å². The van der Waals surface area contributed by atoms with Gasteiger partial charge in [0.2, 0.25) is 0 Å². The monoisotopic (exact) mass is 424 g/mol. The Bertz CT molecular complexity index is 861. The molecule has 6 heteroatoms. The van der Waals surface area contributed by atoms with Crippen molar-refractivity contribution in [1.29, 1.82) is 0 Å². The van der Waals surface area contributed by atoms with Gasteiger partial charge in [-0.25, -0.2) is 9.97 Å². The molecule has 0 saturated heterocycles. The summed E-state index contributed by atoms with van der Waals surface area (Å²) >= 11 is 13.5. The van der Waals surface area contributed by atoms with Crippen LogP contribution in [-0.4, -0.2) is 9.97 Å². The number of fused-ring (bicyclic) bond motifs is 3.